The summed E-state index contributed by atoms with van der Waals surface area (Å²) in [5.74, 6) is 0. The summed E-state index contributed by atoms with van der Waals surface area (Å²) in [4.78, 5) is 1.44. The van der Waals surface area contributed by atoms with E-state index in [1.54, 1.807) is 0 Å². The molecule has 80 valence electrons. The highest BCUT2D eigenvalue weighted by Gasteiger charge is 2.20. The Bertz CT molecular complexity index is 384. The molecule has 0 aromatic heterocycles. The van der Waals surface area contributed by atoms with Crippen LogP contribution in [0.1, 0.15) is 19.3 Å². The maximum absolute atomic E-state index is 12.1. The molecule has 0 radical (unpaired) electrons. The Morgan fingerprint density at radius 2 is 2.00 bits per heavy atom. The van der Waals surface area contributed by atoms with Crippen LogP contribution in [0.3, 0.4) is 0 Å². The van der Waals surface area contributed by atoms with E-state index in [9.17, 15) is 9.32 Å². The zero-order chi connectivity index (χ0) is 10.7. The van der Waals surface area contributed by atoms with Crippen LogP contribution < -0.4 is 0 Å². The van der Waals surface area contributed by atoms with Crippen molar-refractivity contribution < 1.29 is 9.32 Å². The lowest BCUT2D eigenvalue weighted by Gasteiger charge is -2.18. The van der Waals surface area contributed by atoms with Gasteiger partial charge in [0, 0.05) is 9.80 Å². The van der Waals surface area contributed by atoms with Gasteiger partial charge in [-0.2, -0.15) is 0 Å². The first kappa shape index (κ1) is 10.6. The Hall–Kier alpha value is -0.930. The van der Waals surface area contributed by atoms with Gasteiger partial charge < -0.3 is 5.11 Å². The van der Waals surface area contributed by atoms with Crippen molar-refractivity contribution in [1.82, 2.24) is 0 Å². The van der Waals surface area contributed by atoms with Gasteiger partial charge >= 0.3 is 0 Å². The van der Waals surface area contributed by atoms with Crippen LogP contribution in [0.15, 0.2) is 46.2 Å². The Labute approximate surface area is 92.1 Å². The number of benzene rings is 1. The number of allylic oxidation sites excluding steroid dienone is 1. The topological polar surface area (TPSA) is 37.3 Å². The molecule has 0 amide bonds. The van der Waals surface area contributed by atoms with E-state index in [1.165, 1.54) is 0 Å². The SMILES string of the molecule is O=[S@](C1=CCCC[C@@H]1O)c1ccccc1. The van der Waals surface area contributed by atoms with Gasteiger partial charge in [0.1, 0.15) is 0 Å². The summed E-state index contributed by atoms with van der Waals surface area (Å²) >= 11 is 0. The van der Waals surface area contributed by atoms with Crippen molar-refractivity contribution in [1.29, 1.82) is 0 Å². The molecule has 0 aliphatic heterocycles. The molecule has 2 atom stereocenters. The minimum atomic E-state index is -1.19. The van der Waals surface area contributed by atoms with E-state index in [2.05, 4.69) is 0 Å². The van der Waals surface area contributed by atoms with Gasteiger partial charge in [0.2, 0.25) is 0 Å². The molecular formula is C12H14O2S. The summed E-state index contributed by atoms with van der Waals surface area (Å²) in [5.41, 5.74) is 0. The van der Waals surface area contributed by atoms with Gasteiger partial charge in [-0.05, 0) is 31.4 Å². The van der Waals surface area contributed by atoms with Crippen LogP contribution in [0, 0.1) is 0 Å². The predicted molar refractivity (Wildman–Crippen MR) is 60.8 cm³/mol. The molecule has 15 heavy (non-hydrogen) atoms. The third kappa shape index (κ3) is 2.36. The van der Waals surface area contributed by atoms with Crippen molar-refractivity contribution in [2.45, 2.75) is 30.3 Å². The van der Waals surface area contributed by atoms with Crippen LogP contribution in [0.4, 0.5) is 0 Å². The monoisotopic (exact) mass is 222 g/mol. The van der Waals surface area contributed by atoms with Crippen LogP contribution in [-0.4, -0.2) is 15.4 Å². The van der Waals surface area contributed by atoms with Crippen LogP contribution in [0.2, 0.25) is 0 Å². The summed E-state index contributed by atoms with van der Waals surface area (Å²) in [6.07, 6.45) is 4.02. The van der Waals surface area contributed by atoms with Crippen molar-refractivity contribution >= 4 is 10.8 Å². The van der Waals surface area contributed by atoms with Crippen LogP contribution >= 0.6 is 0 Å². The first-order chi connectivity index (χ1) is 7.29. The van der Waals surface area contributed by atoms with Gasteiger partial charge in [-0.1, -0.05) is 24.3 Å². The maximum Gasteiger partial charge on any atom is 0.0874 e. The number of hydrogen-bond donors (Lipinski definition) is 1. The largest absolute Gasteiger partial charge is 0.388 e. The highest BCUT2D eigenvalue weighted by Crippen LogP contribution is 2.24. The minimum Gasteiger partial charge on any atom is -0.388 e. The summed E-state index contributed by atoms with van der Waals surface area (Å²) in [6.45, 7) is 0. The number of aliphatic hydroxyl groups excluding tert-OH is 1. The fourth-order valence-corrected chi connectivity index (χ4v) is 3.02. The molecule has 1 aromatic rings. The normalized spacial score (nSPS) is 23.3. The van der Waals surface area contributed by atoms with Crippen LogP contribution in [0.5, 0.6) is 0 Å². The second-order valence-electron chi connectivity index (χ2n) is 3.63. The number of hydrogen-bond acceptors (Lipinski definition) is 2. The van der Waals surface area contributed by atoms with Crippen molar-refractivity contribution in [2.75, 3.05) is 0 Å². The van der Waals surface area contributed by atoms with E-state index in [-0.39, 0.29) is 0 Å². The van der Waals surface area contributed by atoms with E-state index in [0.29, 0.717) is 4.91 Å². The molecule has 1 aromatic carbocycles. The second-order valence-corrected chi connectivity index (χ2v) is 5.12. The van der Waals surface area contributed by atoms with Crippen LogP contribution in [-0.2, 0) is 10.8 Å². The Morgan fingerprint density at radius 3 is 2.67 bits per heavy atom. The lowest BCUT2D eigenvalue weighted by Crippen LogP contribution is -2.17. The molecule has 1 aliphatic rings. The zero-order valence-electron chi connectivity index (χ0n) is 8.43. The van der Waals surface area contributed by atoms with Gasteiger partial charge in [-0.15, -0.1) is 0 Å². The highest BCUT2D eigenvalue weighted by atomic mass is 32.2. The molecule has 0 saturated heterocycles. The first-order valence-corrected chi connectivity index (χ1v) is 6.29. The van der Waals surface area contributed by atoms with E-state index in [0.717, 1.165) is 24.2 Å². The molecule has 3 heteroatoms. The smallest absolute Gasteiger partial charge is 0.0874 e. The lowest BCUT2D eigenvalue weighted by atomic mass is 10.1. The molecule has 0 fully saturated rings. The zero-order valence-corrected chi connectivity index (χ0v) is 9.24. The Kier molecular flexibility index (Phi) is 3.34. The Morgan fingerprint density at radius 1 is 1.27 bits per heavy atom. The predicted octanol–water partition coefficient (Wildman–Crippen LogP) is 2.22. The number of rotatable bonds is 2. The molecule has 2 rings (SSSR count). The molecular weight excluding hydrogens is 208 g/mol. The van der Waals surface area contributed by atoms with Crippen molar-refractivity contribution in [3.63, 3.8) is 0 Å². The van der Waals surface area contributed by atoms with Crippen molar-refractivity contribution in [2.24, 2.45) is 0 Å². The second kappa shape index (κ2) is 4.73. The summed E-state index contributed by atoms with van der Waals surface area (Å²) in [6, 6.07) is 9.29. The summed E-state index contributed by atoms with van der Waals surface area (Å²) in [7, 11) is -1.19. The Balaban J connectivity index is 2.25. The molecule has 1 N–H and O–H groups in total. The molecule has 2 nitrogen and oxygen atoms in total. The highest BCUT2D eigenvalue weighted by molar-refractivity contribution is 7.89. The molecule has 0 bridgehead atoms. The number of aliphatic hydroxyl groups is 1. The quantitative estimate of drug-likeness (QED) is 0.833. The fraction of sp³-hybridized carbons (Fsp3) is 0.333. The fourth-order valence-electron chi connectivity index (χ4n) is 1.71. The average Bonchev–Trinajstić information content (AvgIpc) is 2.30. The summed E-state index contributed by atoms with van der Waals surface area (Å²) in [5, 5.41) is 9.74. The minimum absolute atomic E-state index is 0.528. The molecule has 0 saturated carbocycles. The van der Waals surface area contributed by atoms with Gasteiger partial charge in [0.15, 0.2) is 0 Å². The third-order valence-corrected chi connectivity index (χ3v) is 4.09. The van der Waals surface area contributed by atoms with Gasteiger partial charge in [0.05, 0.1) is 16.9 Å². The van der Waals surface area contributed by atoms with E-state index < -0.39 is 16.9 Å². The lowest BCUT2D eigenvalue weighted by molar-refractivity contribution is 0.200. The van der Waals surface area contributed by atoms with E-state index in [1.807, 2.05) is 36.4 Å². The third-order valence-electron chi connectivity index (χ3n) is 2.53. The standard InChI is InChI=1S/C12H14O2S/c13-11-8-4-5-9-12(11)15(14)10-6-2-1-3-7-10/h1-3,6-7,9,11,13H,4-5,8H2/t11-,15-/m0/s1. The average molecular weight is 222 g/mol. The summed E-state index contributed by atoms with van der Waals surface area (Å²) < 4.78 is 12.1. The van der Waals surface area contributed by atoms with Gasteiger partial charge in [-0.3, -0.25) is 0 Å². The van der Waals surface area contributed by atoms with Crippen molar-refractivity contribution in [3.8, 4) is 0 Å². The van der Waals surface area contributed by atoms with Gasteiger partial charge in [0.25, 0.3) is 0 Å². The van der Waals surface area contributed by atoms with E-state index in [4.69, 9.17) is 0 Å². The first-order valence-electron chi connectivity index (χ1n) is 5.14. The van der Waals surface area contributed by atoms with Crippen LogP contribution in [0.25, 0.3) is 0 Å². The van der Waals surface area contributed by atoms with Crippen molar-refractivity contribution in [3.05, 3.63) is 41.3 Å². The molecule has 0 unspecified atom stereocenters. The molecule has 0 spiro atoms. The molecule has 0 heterocycles. The van der Waals surface area contributed by atoms with E-state index >= 15 is 0 Å². The van der Waals surface area contributed by atoms with Gasteiger partial charge in [-0.25, -0.2) is 4.21 Å². The maximum atomic E-state index is 12.1. The molecule has 1 aliphatic carbocycles.